The molecule has 0 amide bonds. The van der Waals surface area contributed by atoms with Gasteiger partial charge in [-0.1, -0.05) is 33.1 Å². The van der Waals surface area contributed by atoms with E-state index in [1.165, 1.54) is 25.7 Å². The normalized spacial score (nSPS) is 21.4. The molecule has 0 aliphatic heterocycles. The Kier molecular flexibility index (Phi) is 1.93. The van der Waals surface area contributed by atoms with Crippen molar-refractivity contribution in [3.05, 3.63) is 6.92 Å². The summed E-state index contributed by atoms with van der Waals surface area (Å²) >= 11 is 0. The maximum Gasteiger partial charge on any atom is -0.0412 e. The second kappa shape index (κ2) is 2.52. The van der Waals surface area contributed by atoms with Crippen LogP contribution in [0.25, 0.3) is 0 Å². The molecule has 0 aromatic carbocycles. The van der Waals surface area contributed by atoms with Gasteiger partial charge in [0.1, 0.15) is 0 Å². The molecule has 1 aliphatic rings. The fraction of sp³-hybridized carbons (Fsp3) is 0.875. The second-order valence-corrected chi connectivity index (χ2v) is 3.14. The largest absolute Gasteiger partial charge is 0.0625 e. The Morgan fingerprint density at radius 1 is 1.62 bits per heavy atom. The molecule has 1 unspecified atom stereocenters. The summed E-state index contributed by atoms with van der Waals surface area (Å²) in [6.07, 6.45) is 5.77. The zero-order valence-corrected chi connectivity index (χ0v) is 5.69. The molecule has 0 bridgehead atoms. The van der Waals surface area contributed by atoms with Crippen molar-refractivity contribution in [2.45, 2.75) is 32.6 Å². The van der Waals surface area contributed by atoms with E-state index >= 15 is 0 Å². The standard InChI is InChI=1S/C8H15/c1-7(2)6-8-4-3-5-8/h7-8H,1,3-6H2,2H3. The molecule has 0 N–H and O–H groups in total. The molecule has 1 saturated carbocycles. The highest BCUT2D eigenvalue weighted by Crippen LogP contribution is 2.31. The van der Waals surface area contributed by atoms with Crippen LogP contribution in [-0.4, -0.2) is 0 Å². The smallest absolute Gasteiger partial charge is 0.0412 e. The van der Waals surface area contributed by atoms with Crippen LogP contribution in [0.2, 0.25) is 0 Å². The van der Waals surface area contributed by atoms with Crippen molar-refractivity contribution < 1.29 is 0 Å². The first-order valence-electron chi connectivity index (χ1n) is 3.62. The van der Waals surface area contributed by atoms with E-state index in [1.54, 1.807) is 0 Å². The second-order valence-electron chi connectivity index (χ2n) is 3.14. The summed E-state index contributed by atoms with van der Waals surface area (Å²) in [6.45, 7) is 6.17. The molecule has 8 heavy (non-hydrogen) atoms. The SMILES string of the molecule is [CH2]C(C)CC1CCC1. The van der Waals surface area contributed by atoms with Gasteiger partial charge in [0, 0.05) is 0 Å². The van der Waals surface area contributed by atoms with Gasteiger partial charge in [-0.05, 0) is 18.3 Å². The van der Waals surface area contributed by atoms with E-state index in [4.69, 9.17) is 0 Å². The van der Waals surface area contributed by atoms with Crippen LogP contribution in [0.15, 0.2) is 0 Å². The summed E-state index contributed by atoms with van der Waals surface area (Å²) in [5.74, 6) is 1.72. The molecule has 1 fully saturated rings. The minimum absolute atomic E-state index is 0.681. The Morgan fingerprint density at radius 3 is 2.38 bits per heavy atom. The van der Waals surface area contributed by atoms with Gasteiger partial charge in [0.25, 0.3) is 0 Å². The number of hydrogen-bond acceptors (Lipinski definition) is 0. The van der Waals surface area contributed by atoms with Crippen molar-refractivity contribution >= 4 is 0 Å². The molecule has 1 radical (unpaired) electrons. The van der Waals surface area contributed by atoms with Crippen molar-refractivity contribution in [2.24, 2.45) is 11.8 Å². The van der Waals surface area contributed by atoms with Gasteiger partial charge in [-0.3, -0.25) is 0 Å². The van der Waals surface area contributed by atoms with Crippen molar-refractivity contribution in [1.82, 2.24) is 0 Å². The Hall–Kier alpha value is 0. The van der Waals surface area contributed by atoms with Crippen LogP contribution in [0.3, 0.4) is 0 Å². The minimum atomic E-state index is 0.681. The zero-order chi connectivity index (χ0) is 5.98. The molecule has 0 heterocycles. The van der Waals surface area contributed by atoms with E-state index in [-0.39, 0.29) is 0 Å². The Morgan fingerprint density at radius 2 is 2.25 bits per heavy atom. The molecule has 1 atom stereocenters. The lowest BCUT2D eigenvalue weighted by Gasteiger charge is -2.26. The quantitative estimate of drug-likeness (QED) is 0.514. The maximum atomic E-state index is 3.96. The van der Waals surface area contributed by atoms with E-state index in [9.17, 15) is 0 Å². The van der Waals surface area contributed by atoms with Crippen LogP contribution in [-0.2, 0) is 0 Å². The van der Waals surface area contributed by atoms with Gasteiger partial charge in [-0.15, -0.1) is 0 Å². The summed E-state index contributed by atoms with van der Waals surface area (Å²) in [7, 11) is 0. The Bertz CT molecular complexity index is 60.4. The summed E-state index contributed by atoms with van der Waals surface area (Å²) in [5.41, 5.74) is 0. The third kappa shape index (κ3) is 1.50. The van der Waals surface area contributed by atoms with Crippen LogP contribution >= 0.6 is 0 Å². The van der Waals surface area contributed by atoms with Crippen molar-refractivity contribution in [1.29, 1.82) is 0 Å². The monoisotopic (exact) mass is 111 g/mol. The van der Waals surface area contributed by atoms with Crippen LogP contribution < -0.4 is 0 Å². The third-order valence-corrected chi connectivity index (χ3v) is 1.96. The molecule has 0 aromatic heterocycles. The predicted octanol–water partition coefficient (Wildman–Crippen LogP) is 2.65. The molecular formula is C8H15. The van der Waals surface area contributed by atoms with E-state index in [0.717, 1.165) is 5.92 Å². The Labute approximate surface area is 52.3 Å². The molecule has 0 heteroatoms. The first-order chi connectivity index (χ1) is 3.79. The molecule has 0 nitrogen and oxygen atoms in total. The van der Waals surface area contributed by atoms with Gasteiger partial charge in [-0.25, -0.2) is 0 Å². The lowest BCUT2D eigenvalue weighted by atomic mass is 9.80. The summed E-state index contributed by atoms with van der Waals surface area (Å²) in [5, 5.41) is 0. The van der Waals surface area contributed by atoms with Gasteiger partial charge in [0.05, 0.1) is 0 Å². The average Bonchev–Trinajstić information content (AvgIpc) is 1.55. The van der Waals surface area contributed by atoms with Crippen LogP contribution in [0.1, 0.15) is 32.6 Å². The van der Waals surface area contributed by atoms with Gasteiger partial charge in [-0.2, -0.15) is 0 Å². The van der Waals surface area contributed by atoms with Gasteiger partial charge >= 0.3 is 0 Å². The number of hydrogen-bond donors (Lipinski definition) is 0. The molecular weight excluding hydrogens is 96.1 g/mol. The highest BCUT2D eigenvalue weighted by atomic mass is 14.2. The Balaban J connectivity index is 2.01. The molecule has 0 spiro atoms. The zero-order valence-electron chi connectivity index (χ0n) is 5.69. The first kappa shape index (κ1) is 6.12. The maximum absolute atomic E-state index is 3.96. The van der Waals surface area contributed by atoms with Gasteiger partial charge in [0.15, 0.2) is 0 Å². The predicted molar refractivity (Wildman–Crippen MR) is 36.5 cm³/mol. The minimum Gasteiger partial charge on any atom is -0.0625 e. The van der Waals surface area contributed by atoms with E-state index < -0.39 is 0 Å². The highest BCUT2D eigenvalue weighted by Gasteiger charge is 2.17. The highest BCUT2D eigenvalue weighted by molar-refractivity contribution is 4.72. The van der Waals surface area contributed by atoms with Crippen molar-refractivity contribution in [3.63, 3.8) is 0 Å². The lowest BCUT2D eigenvalue weighted by Crippen LogP contribution is -2.12. The van der Waals surface area contributed by atoms with Gasteiger partial charge in [0.2, 0.25) is 0 Å². The first-order valence-corrected chi connectivity index (χ1v) is 3.62. The summed E-state index contributed by atoms with van der Waals surface area (Å²) in [6, 6.07) is 0. The average molecular weight is 111 g/mol. The van der Waals surface area contributed by atoms with E-state index in [2.05, 4.69) is 13.8 Å². The fourth-order valence-electron chi connectivity index (χ4n) is 1.30. The topological polar surface area (TPSA) is 0 Å². The third-order valence-electron chi connectivity index (χ3n) is 1.96. The molecule has 1 rings (SSSR count). The molecule has 1 aliphatic carbocycles. The molecule has 0 aromatic rings. The van der Waals surface area contributed by atoms with Crippen LogP contribution in [0, 0.1) is 18.8 Å². The lowest BCUT2D eigenvalue weighted by molar-refractivity contribution is 0.273. The summed E-state index contributed by atoms with van der Waals surface area (Å²) in [4.78, 5) is 0. The van der Waals surface area contributed by atoms with Crippen LogP contribution in [0.5, 0.6) is 0 Å². The molecule has 0 saturated heterocycles. The van der Waals surface area contributed by atoms with Crippen molar-refractivity contribution in [3.8, 4) is 0 Å². The van der Waals surface area contributed by atoms with E-state index in [0.29, 0.717) is 5.92 Å². The summed E-state index contributed by atoms with van der Waals surface area (Å²) < 4.78 is 0. The van der Waals surface area contributed by atoms with E-state index in [1.807, 2.05) is 0 Å². The fourth-order valence-corrected chi connectivity index (χ4v) is 1.30. The van der Waals surface area contributed by atoms with Gasteiger partial charge < -0.3 is 0 Å². The number of rotatable bonds is 2. The van der Waals surface area contributed by atoms with Crippen molar-refractivity contribution in [2.75, 3.05) is 0 Å². The molecule has 47 valence electrons. The van der Waals surface area contributed by atoms with Crippen LogP contribution in [0.4, 0.5) is 0 Å².